The minimum atomic E-state index is 1.23. The summed E-state index contributed by atoms with van der Waals surface area (Å²) in [4.78, 5) is 0. The highest BCUT2D eigenvalue weighted by Crippen LogP contribution is 2.92. The lowest BCUT2D eigenvalue weighted by molar-refractivity contribution is -0.147. The smallest absolute Gasteiger partial charge is 0.0312 e. The molecule has 16 aliphatic carbocycles. The van der Waals surface area contributed by atoms with E-state index in [0.29, 0.717) is 0 Å². The molecular formula is C40H50. The van der Waals surface area contributed by atoms with E-state index in [1.54, 1.807) is 64.2 Å². The van der Waals surface area contributed by atoms with Crippen molar-refractivity contribution in [2.75, 3.05) is 0 Å². The number of hydrogen-bond donors (Lipinski definition) is 0. The van der Waals surface area contributed by atoms with Gasteiger partial charge in [-0.15, -0.1) is 0 Å². The molecule has 30 atom stereocenters. The second-order valence-electron chi connectivity index (χ2n) is 21.1. The van der Waals surface area contributed by atoms with E-state index in [0.717, 1.165) is 0 Å². The van der Waals surface area contributed by atoms with Gasteiger partial charge in [0.1, 0.15) is 0 Å². The highest BCUT2D eigenvalue weighted by Gasteiger charge is 2.88. The molecule has 0 radical (unpaired) electrons. The van der Waals surface area contributed by atoms with Crippen molar-refractivity contribution in [2.45, 2.75) is 64.2 Å². The van der Waals surface area contributed by atoms with Crippen molar-refractivity contribution in [3.05, 3.63) is 0 Å². The predicted octanol–water partition coefficient (Wildman–Crippen LogP) is 7.59. The second kappa shape index (κ2) is 5.63. The first-order valence-corrected chi connectivity index (χ1v) is 19.9. The van der Waals surface area contributed by atoms with E-state index in [2.05, 4.69) is 0 Å². The molecule has 16 aliphatic rings. The van der Waals surface area contributed by atoms with E-state index in [1.165, 1.54) is 178 Å². The van der Waals surface area contributed by atoms with Crippen LogP contribution < -0.4 is 0 Å². The Morgan fingerprint density at radius 1 is 0.125 bits per heavy atom. The van der Waals surface area contributed by atoms with Crippen LogP contribution >= 0.6 is 0 Å². The van der Waals surface area contributed by atoms with E-state index < -0.39 is 0 Å². The molecular weight excluding hydrogens is 480 g/mol. The molecule has 0 spiro atoms. The molecule has 0 aromatic rings. The van der Waals surface area contributed by atoms with Gasteiger partial charge in [0.15, 0.2) is 0 Å². The van der Waals surface area contributed by atoms with E-state index in [1.807, 2.05) is 0 Å². The third-order valence-corrected chi connectivity index (χ3v) is 23.0. The quantitative estimate of drug-likeness (QED) is 0.303. The van der Waals surface area contributed by atoms with Gasteiger partial charge in [0, 0.05) is 0 Å². The van der Waals surface area contributed by atoms with Crippen LogP contribution in [0, 0.1) is 178 Å². The van der Waals surface area contributed by atoms with Crippen LogP contribution in [0.25, 0.3) is 0 Å². The van der Waals surface area contributed by atoms with E-state index >= 15 is 0 Å². The normalized spacial score (nSPS) is 87.0. The number of hydrogen-bond acceptors (Lipinski definition) is 0. The van der Waals surface area contributed by atoms with Gasteiger partial charge in [-0.2, -0.15) is 0 Å². The summed E-state index contributed by atoms with van der Waals surface area (Å²) in [6, 6.07) is 0. The lowest BCUT2D eigenvalue weighted by Gasteiger charge is -2.61. The summed E-state index contributed by atoms with van der Waals surface area (Å²) < 4.78 is 0. The molecule has 0 aromatic carbocycles. The summed E-state index contributed by atoms with van der Waals surface area (Å²) in [5.74, 6) is 37.7. The molecule has 0 heteroatoms. The van der Waals surface area contributed by atoms with Crippen molar-refractivity contribution in [1.29, 1.82) is 0 Å². The molecule has 0 bridgehead atoms. The average Bonchev–Trinajstić information content (AvgIpc) is 3.79. The molecule has 0 N–H and O–H groups in total. The van der Waals surface area contributed by atoms with Crippen LogP contribution in [0.1, 0.15) is 64.2 Å². The molecule has 0 saturated heterocycles. The summed E-state index contributed by atoms with van der Waals surface area (Å²) in [7, 11) is 0. The highest BCUT2D eigenvalue weighted by atomic mass is 14.9. The van der Waals surface area contributed by atoms with Gasteiger partial charge in [-0.3, -0.25) is 0 Å². The van der Waals surface area contributed by atoms with Crippen LogP contribution in [0.2, 0.25) is 0 Å². The predicted molar refractivity (Wildman–Crippen MR) is 151 cm³/mol. The third kappa shape index (κ3) is 1.52. The van der Waals surface area contributed by atoms with Crippen LogP contribution in [-0.4, -0.2) is 0 Å². The van der Waals surface area contributed by atoms with Crippen molar-refractivity contribution >= 4 is 0 Å². The summed E-state index contributed by atoms with van der Waals surface area (Å²) in [5, 5.41) is 0. The van der Waals surface area contributed by atoms with Gasteiger partial charge in [0.2, 0.25) is 0 Å². The van der Waals surface area contributed by atoms with E-state index in [-0.39, 0.29) is 0 Å². The second-order valence-corrected chi connectivity index (χ2v) is 21.1. The first-order chi connectivity index (χ1) is 19.9. The van der Waals surface area contributed by atoms with Gasteiger partial charge >= 0.3 is 0 Å². The van der Waals surface area contributed by atoms with Gasteiger partial charge < -0.3 is 0 Å². The van der Waals surface area contributed by atoms with Crippen LogP contribution in [-0.2, 0) is 0 Å². The van der Waals surface area contributed by atoms with Gasteiger partial charge in [0.05, 0.1) is 0 Å². The fourth-order valence-electron chi connectivity index (χ4n) is 24.8. The molecule has 0 aliphatic heterocycles. The monoisotopic (exact) mass is 530 g/mol. The lowest BCUT2D eigenvalue weighted by Crippen LogP contribution is -2.58. The third-order valence-electron chi connectivity index (χ3n) is 23.0. The Balaban J connectivity index is 1.07. The standard InChI is InChI=1S/C40H50/c1-2-12-14-5-6-16-18-9-10-20-19-8-7-17-15-4-3-13-11(1)21-22(12)32-24(14)26(16)34-29(18)30(20)35-28(19)27(17)33-25(15)23(13)31(21)36-37(32)39(34)40(35)38(33)36/h11-40H,1-10H2/t11-,12?,13+,14?,15?,16+,17?,18?,19?,20+,21+,22-,23-,24?,25+,26-,27-,28+,29+,30?,31?,32?,33?,34?,35?,36?,37?,38?,39?,40?/m1/s1. The zero-order valence-electron chi connectivity index (χ0n) is 24.4. The highest BCUT2D eigenvalue weighted by molar-refractivity contribution is 5.35. The molecule has 0 nitrogen and oxygen atoms in total. The average molecular weight is 531 g/mol. The summed E-state index contributed by atoms with van der Waals surface area (Å²) in [5.41, 5.74) is 0. The Hall–Kier alpha value is 0. The first-order valence-electron chi connectivity index (χ1n) is 19.9. The van der Waals surface area contributed by atoms with E-state index in [9.17, 15) is 0 Å². The summed E-state index contributed by atoms with van der Waals surface area (Å²) in [6.07, 6.45) is 17.3. The van der Waals surface area contributed by atoms with Gasteiger partial charge in [-0.1, -0.05) is 0 Å². The summed E-state index contributed by atoms with van der Waals surface area (Å²) in [6.45, 7) is 0. The molecule has 18 unspecified atom stereocenters. The van der Waals surface area contributed by atoms with Gasteiger partial charge in [0.25, 0.3) is 0 Å². The number of fused-ring (bicyclic) bond motifs is 5. The van der Waals surface area contributed by atoms with Crippen LogP contribution in [0.15, 0.2) is 0 Å². The Bertz CT molecular complexity index is 1010. The maximum absolute atomic E-state index is 1.73. The number of rotatable bonds is 0. The molecule has 0 heterocycles. The Kier molecular flexibility index (Phi) is 2.83. The Morgan fingerprint density at radius 3 is 0.350 bits per heavy atom. The van der Waals surface area contributed by atoms with Gasteiger partial charge in [-0.25, -0.2) is 0 Å². The lowest BCUT2D eigenvalue weighted by atomic mass is 9.43. The minimum Gasteiger partial charge on any atom is -0.0496 e. The zero-order valence-corrected chi connectivity index (χ0v) is 24.4. The minimum absolute atomic E-state index is 1.23. The fraction of sp³-hybridized carbons (Fsp3) is 1.00. The topological polar surface area (TPSA) is 0 Å². The molecule has 210 valence electrons. The maximum Gasteiger partial charge on any atom is -0.0312 e. The van der Waals surface area contributed by atoms with Gasteiger partial charge in [-0.05, 0) is 242 Å². The molecule has 16 fully saturated rings. The molecule has 16 saturated carbocycles. The molecule has 40 heavy (non-hydrogen) atoms. The molecule has 0 amide bonds. The van der Waals surface area contributed by atoms with Crippen molar-refractivity contribution in [2.24, 2.45) is 178 Å². The largest absolute Gasteiger partial charge is 0.0496 e. The van der Waals surface area contributed by atoms with Crippen molar-refractivity contribution in [3.8, 4) is 0 Å². The van der Waals surface area contributed by atoms with Crippen molar-refractivity contribution < 1.29 is 0 Å². The van der Waals surface area contributed by atoms with Crippen molar-refractivity contribution in [1.82, 2.24) is 0 Å². The maximum atomic E-state index is 1.73. The summed E-state index contributed by atoms with van der Waals surface area (Å²) >= 11 is 0. The zero-order chi connectivity index (χ0) is 24.4. The Labute approximate surface area is 241 Å². The van der Waals surface area contributed by atoms with Crippen molar-refractivity contribution in [3.63, 3.8) is 0 Å². The first kappa shape index (κ1) is 20.1. The van der Waals surface area contributed by atoms with Crippen LogP contribution in [0.4, 0.5) is 0 Å². The Morgan fingerprint density at radius 2 is 0.225 bits per heavy atom. The fourth-order valence-corrected chi connectivity index (χ4v) is 24.8. The van der Waals surface area contributed by atoms with Crippen LogP contribution in [0.3, 0.4) is 0 Å². The SMILES string of the molecule is C1C[C@H]2C3CC[C@@H]4C5C6C7C8C9C%10C7C([C@H]53)[C@H]2C2C1C1CC[C@@H]3[C@@H]5CCC7C%11CCC4[C@H]6[C@@H]%11C8[C@@H]7[C@@H]5C9[C@@H]3[C@@H]1C%102. The van der Waals surface area contributed by atoms with Crippen LogP contribution in [0.5, 0.6) is 0 Å². The molecule has 16 rings (SSSR count). The molecule has 0 aromatic heterocycles. The van der Waals surface area contributed by atoms with E-state index in [4.69, 9.17) is 0 Å².